The lowest BCUT2D eigenvalue weighted by atomic mass is 10.1. The predicted octanol–water partition coefficient (Wildman–Crippen LogP) is 4.48. The van der Waals surface area contributed by atoms with E-state index in [0.717, 1.165) is 24.3 Å². The maximum atomic E-state index is 12.7. The lowest BCUT2D eigenvalue weighted by Gasteiger charge is -2.37. The van der Waals surface area contributed by atoms with Gasteiger partial charge in [-0.2, -0.15) is 0 Å². The van der Waals surface area contributed by atoms with Crippen molar-refractivity contribution in [2.75, 3.05) is 43.5 Å². The van der Waals surface area contributed by atoms with Gasteiger partial charge in [0, 0.05) is 38.3 Å². The molecule has 0 spiro atoms. The average Bonchev–Trinajstić information content (AvgIpc) is 2.78. The molecule has 1 aliphatic heterocycles. The molecular formula is C25H31ClN4O3S. The van der Waals surface area contributed by atoms with Crippen molar-refractivity contribution in [2.24, 2.45) is 5.92 Å². The van der Waals surface area contributed by atoms with Gasteiger partial charge in [0.25, 0.3) is 5.91 Å². The van der Waals surface area contributed by atoms with Gasteiger partial charge in [0.15, 0.2) is 5.11 Å². The number of amides is 2. The highest BCUT2D eigenvalue weighted by Gasteiger charge is 2.23. The number of methoxy groups -OCH3 is 1. The standard InChI is InChI=1S/C25H31ClN4O3S/c1-16(2)14-22(31)30-12-10-29(11-13-30)21-9-8-18(15-20(21)26)27-25(34)28-24(32)19-7-5-6-17(3)23(19)33-4/h5-9,15-16H,10-14H2,1-4H3,(H2,27,28,32,34). The first-order valence-corrected chi connectivity index (χ1v) is 12.1. The van der Waals surface area contributed by atoms with Crippen molar-refractivity contribution in [1.29, 1.82) is 0 Å². The Labute approximate surface area is 211 Å². The van der Waals surface area contributed by atoms with E-state index in [0.29, 0.717) is 47.5 Å². The number of carbonyl (C=O) groups is 2. The summed E-state index contributed by atoms with van der Waals surface area (Å²) in [5.41, 5.74) is 2.84. The Hall–Kier alpha value is -2.84. The first kappa shape index (κ1) is 25.8. The Bertz CT molecular complexity index is 1070. The fourth-order valence-electron chi connectivity index (χ4n) is 3.95. The number of benzene rings is 2. The summed E-state index contributed by atoms with van der Waals surface area (Å²) in [5.74, 6) is 0.723. The lowest BCUT2D eigenvalue weighted by Crippen LogP contribution is -2.49. The molecule has 34 heavy (non-hydrogen) atoms. The van der Waals surface area contributed by atoms with Crippen LogP contribution in [0.25, 0.3) is 0 Å². The molecule has 182 valence electrons. The third-order valence-electron chi connectivity index (χ3n) is 5.65. The molecule has 2 N–H and O–H groups in total. The molecule has 3 rings (SSSR count). The van der Waals surface area contributed by atoms with Crippen molar-refractivity contribution < 1.29 is 14.3 Å². The van der Waals surface area contributed by atoms with Crippen LogP contribution < -0.4 is 20.3 Å². The summed E-state index contributed by atoms with van der Waals surface area (Å²) in [7, 11) is 1.53. The maximum absolute atomic E-state index is 12.7. The minimum Gasteiger partial charge on any atom is -0.496 e. The van der Waals surface area contributed by atoms with Gasteiger partial charge in [-0.1, -0.05) is 37.6 Å². The zero-order chi connectivity index (χ0) is 24.8. The van der Waals surface area contributed by atoms with Gasteiger partial charge < -0.3 is 19.9 Å². The number of carbonyl (C=O) groups excluding carboxylic acids is 2. The zero-order valence-electron chi connectivity index (χ0n) is 20.0. The Morgan fingerprint density at radius 2 is 1.85 bits per heavy atom. The van der Waals surface area contributed by atoms with Crippen LogP contribution in [0.4, 0.5) is 11.4 Å². The minimum atomic E-state index is -0.356. The van der Waals surface area contributed by atoms with Gasteiger partial charge in [-0.05, 0) is 54.9 Å². The van der Waals surface area contributed by atoms with Gasteiger partial charge in [0.05, 0.1) is 23.4 Å². The molecule has 1 fully saturated rings. The quantitative estimate of drug-likeness (QED) is 0.567. The van der Waals surface area contributed by atoms with Crippen molar-refractivity contribution in [3.8, 4) is 5.75 Å². The van der Waals surface area contributed by atoms with Crippen LogP contribution in [0.2, 0.25) is 5.02 Å². The SMILES string of the molecule is COc1c(C)cccc1C(=O)NC(=S)Nc1ccc(N2CCN(C(=O)CC(C)C)CC2)c(Cl)c1. The molecule has 1 saturated heterocycles. The van der Waals surface area contributed by atoms with Crippen molar-refractivity contribution in [3.05, 3.63) is 52.5 Å². The number of ether oxygens (including phenoxy) is 1. The number of anilines is 2. The second kappa shape index (κ2) is 11.5. The van der Waals surface area contributed by atoms with E-state index >= 15 is 0 Å². The summed E-state index contributed by atoms with van der Waals surface area (Å²) in [6.07, 6.45) is 0.578. The summed E-state index contributed by atoms with van der Waals surface area (Å²) >= 11 is 11.9. The van der Waals surface area contributed by atoms with Crippen LogP contribution in [0.3, 0.4) is 0 Å². The van der Waals surface area contributed by atoms with Gasteiger partial charge in [-0.25, -0.2) is 0 Å². The van der Waals surface area contributed by atoms with E-state index < -0.39 is 0 Å². The number of hydrogen-bond donors (Lipinski definition) is 2. The third kappa shape index (κ3) is 6.39. The highest BCUT2D eigenvalue weighted by molar-refractivity contribution is 7.80. The van der Waals surface area contributed by atoms with Gasteiger partial charge in [0.1, 0.15) is 5.75 Å². The molecule has 0 aliphatic carbocycles. The van der Waals surface area contributed by atoms with Crippen molar-refractivity contribution in [1.82, 2.24) is 10.2 Å². The molecular weight excluding hydrogens is 472 g/mol. The van der Waals surface area contributed by atoms with Crippen LogP contribution in [-0.4, -0.2) is 55.1 Å². The molecule has 0 radical (unpaired) electrons. The van der Waals surface area contributed by atoms with Crippen molar-refractivity contribution >= 4 is 52.1 Å². The van der Waals surface area contributed by atoms with Gasteiger partial charge in [-0.3, -0.25) is 14.9 Å². The number of rotatable bonds is 6. The number of para-hydroxylation sites is 1. The predicted molar refractivity (Wildman–Crippen MR) is 141 cm³/mol. The summed E-state index contributed by atoms with van der Waals surface area (Å²) in [5, 5.41) is 6.42. The Balaban J connectivity index is 1.58. The number of nitrogens with zero attached hydrogens (tertiary/aromatic N) is 2. The van der Waals surface area contributed by atoms with E-state index in [1.54, 1.807) is 18.2 Å². The van der Waals surface area contributed by atoms with Crippen molar-refractivity contribution in [3.63, 3.8) is 0 Å². The Morgan fingerprint density at radius 3 is 2.47 bits per heavy atom. The van der Waals surface area contributed by atoms with Crippen LogP contribution in [-0.2, 0) is 4.79 Å². The highest BCUT2D eigenvalue weighted by Crippen LogP contribution is 2.30. The Morgan fingerprint density at radius 1 is 1.15 bits per heavy atom. The molecule has 1 heterocycles. The fourth-order valence-corrected chi connectivity index (χ4v) is 4.46. The first-order chi connectivity index (χ1) is 16.2. The fraction of sp³-hybridized carbons (Fsp3) is 0.400. The summed E-state index contributed by atoms with van der Waals surface area (Å²) in [6, 6.07) is 10.9. The normalized spacial score (nSPS) is 13.6. The molecule has 9 heteroatoms. The molecule has 2 amide bonds. The number of hydrogen-bond acceptors (Lipinski definition) is 5. The third-order valence-corrected chi connectivity index (χ3v) is 6.16. The molecule has 7 nitrogen and oxygen atoms in total. The molecule has 0 unspecified atom stereocenters. The maximum Gasteiger partial charge on any atom is 0.261 e. The van der Waals surface area contributed by atoms with E-state index in [-0.39, 0.29) is 16.9 Å². The van der Waals surface area contributed by atoms with E-state index in [4.69, 9.17) is 28.6 Å². The van der Waals surface area contributed by atoms with Crippen molar-refractivity contribution in [2.45, 2.75) is 27.2 Å². The number of piperazine rings is 1. The molecule has 0 bridgehead atoms. The smallest absolute Gasteiger partial charge is 0.261 e. The molecule has 2 aromatic carbocycles. The first-order valence-electron chi connectivity index (χ1n) is 11.3. The molecule has 1 aliphatic rings. The van der Waals surface area contributed by atoms with Crippen LogP contribution in [0.5, 0.6) is 5.75 Å². The minimum absolute atomic E-state index is 0.162. The van der Waals surface area contributed by atoms with Gasteiger partial charge in [0.2, 0.25) is 5.91 Å². The van der Waals surface area contributed by atoms with Gasteiger partial charge >= 0.3 is 0 Å². The molecule has 2 aromatic rings. The Kier molecular flexibility index (Phi) is 8.74. The molecule has 0 saturated carbocycles. The second-order valence-corrected chi connectivity index (χ2v) is 9.51. The van der Waals surface area contributed by atoms with E-state index in [1.165, 1.54) is 7.11 Å². The summed E-state index contributed by atoms with van der Waals surface area (Å²) < 4.78 is 5.35. The number of thiocarbonyl (C=S) groups is 1. The summed E-state index contributed by atoms with van der Waals surface area (Å²) in [6.45, 7) is 8.80. The number of halogens is 1. The molecule has 0 aromatic heterocycles. The van der Waals surface area contributed by atoms with Crippen LogP contribution in [0.15, 0.2) is 36.4 Å². The monoisotopic (exact) mass is 502 g/mol. The number of aryl methyl sites for hydroxylation is 1. The highest BCUT2D eigenvalue weighted by atomic mass is 35.5. The van der Waals surface area contributed by atoms with E-state index in [1.807, 2.05) is 30.0 Å². The molecule has 0 atom stereocenters. The number of nitrogens with one attached hydrogen (secondary N) is 2. The lowest BCUT2D eigenvalue weighted by molar-refractivity contribution is -0.132. The zero-order valence-corrected chi connectivity index (χ0v) is 21.6. The van der Waals surface area contributed by atoms with Gasteiger partial charge in [-0.15, -0.1) is 0 Å². The summed E-state index contributed by atoms with van der Waals surface area (Å²) in [4.78, 5) is 29.1. The van der Waals surface area contributed by atoms with Crippen LogP contribution in [0.1, 0.15) is 36.2 Å². The largest absolute Gasteiger partial charge is 0.496 e. The van der Waals surface area contributed by atoms with E-state index in [9.17, 15) is 9.59 Å². The van der Waals surface area contributed by atoms with Crippen LogP contribution in [0, 0.1) is 12.8 Å². The van der Waals surface area contributed by atoms with Crippen LogP contribution >= 0.6 is 23.8 Å². The average molecular weight is 503 g/mol. The topological polar surface area (TPSA) is 73.9 Å². The van der Waals surface area contributed by atoms with E-state index in [2.05, 4.69) is 29.4 Å². The second-order valence-electron chi connectivity index (χ2n) is 8.70.